The van der Waals surface area contributed by atoms with E-state index >= 15 is 0 Å². The molecule has 3 atom stereocenters. The minimum Gasteiger partial charge on any atom is -0.376 e. The molecule has 10 heteroatoms. The monoisotopic (exact) mass is 368 g/mol. The lowest BCUT2D eigenvalue weighted by Crippen LogP contribution is -2.35. The van der Waals surface area contributed by atoms with E-state index in [0.29, 0.717) is 24.8 Å². The van der Waals surface area contributed by atoms with Crippen molar-refractivity contribution in [3.8, 4) is 0 Å². The van der Waals surface area contributed by atoms with Gasteiger partial charge >= 0.3 is 0 Å². The highest BCUT2D eigenvalue weighted by Crippen LogP contribution is 2.35. The van der Waals surface area contributed by atoms with Crippen LogP contribution >= 0.6 is 0 Å². The molecule has 5 rings (SSSR count). The molecule has 0 aliphatic carbocycles. The summed E-state index contributed by atoms with van der Waals surface area (Å²) in [5.74, 6) is 1.44. The van der Waals surface area contributed by atoms with E-state index in [2.05, 4.69) is 30.6 Å². The van der Waals surface area contributed by atoms with Gasteiger partial charge in [-0.15, -0.1) is 15.3 Å². The molecule has 10 nitrogen and oxygen atoms in total. The summed E-state index contributed by atoms with van der Waals surface area (Å²) in [7, 11) is 1.76. The normalized spacial score (nSPS) is 24.5. The van der Waals surface area contributed by atoms with Gasteiger partial charge in [-0.05, 0) is 18.2 Å². The van der Waals surface area contributed by atoms with Gasteiger partial charge in [-0.1, -0.05) is 0 Å². The van der Waals surface area contributed by atoms with Crippen LogP contribution in [-0.2, 0) is 11.8 Å². The van der Waals surface area contributed by atoms with Crippen molar-refractivity contribution in [1.29, 1.82) is 0 Å². The summed E-state index contributed by atoms with van der Waals surface area (Å²) in [6.07, 6.45) is 3.39. The van der Waals surface area contributed by atoms with Crippen molar-refractivity contribution in [1.82, 2.24) is 34.9 Å². The van der Waals surface area contributed by atoms with Gasteiger partial charge in [0.25, 0.3) is 5.91 Å². The molecule has 2 saturated heterocycles. The van der Waals surface area contributed by atoms with Crippen molar-refractivity contribution in [2.24, 2.45) is 18.9 Å². The predicted molar refractivity (Wildman–Crippen MR) is 95.3 cm³/mol. The number of rotatable bonds is 4. The Morgan fingerprint density at radius 2 is 2.26 bits per heavy atom. The zero-order chi connectivity index (χ0) is 18.4. The van der Waals surface area contributed by atoms with Crippen molar-refractivity contribution >= 4 is 17.4 Å². The number of hydrogen-bond acceptors (Lipinski definition) is 7. The Labute approximate surface area is 155 Å². The average Bonchev–Trinajstić information content (AvgIpc) is 3.43. The van der Waals surface area contributed by atoms with E-state index in [9.17, 15) is 4.79 Å². The maximum absolute atomic E-state index is 12.3. The van der Waals surface area contributed by atoms with Gasteiger partial charge in [-0.3, -0.25) is 9.48 Å². The Bertz CT molecular complexity index is 982. The lowest BCUT2D eigenvalue weighted by molar-refractivity contribution is 0.0930. The number of nitrogens with one attached hydrogen (secondary N) is 1. The summed E-state index contributed by atoms with van der Waals surface area (Å²) in [4.78, 5) is 14.5. The third-order valence-corrected chi connectivity index (χ3v) is 5.49. The van der Waals surface area contributed by atoms with Gasteiger partial charge in [0, 0.05) is 44.7 Å². The van der Waals surface area contributed by atoms with Crippen LogP contribution in [0.15, 0.2) is 30.7 Å². The summed E-state index contributed by atoms with van der Waals surface area (Å²) < 4.78 is 9.24. The largest absolute Gasteiger partial charge is 0.376 e. The van der Waals surface area contributed by atoms with Crippen LogP contribution in [0.5, 0.6) is 0 Å². The molecule has 0 bridgehead atoms. The molecule has 0 radical (unpaired) electrons. The molecule has 1 N–H and O–H groups in total. The van der Waals surface area contributed by atoms with Crippen molar-refractivity contribution in [2.75, 3.05) is 31.1 Å². The first kappa shape index (κ1) is 16.2. The molecule has 5 heterocycles. The van der Waals surface area contributed by atoms with E-state index in [1.807, 2.05) is 12.1 Å². The average molecular weight is 368 g/mol. The van der Waals surface area contributed by atoms with Crippen LogP contribution in [0.4, 0.5) is 5.82 Å². The Morgan fingerprint density at radius 3 is 3.11 bits per heavy atom. The number of hydrogen-bond donors (Lipinski definition) is 1. The highest BCUT2D eigenvalue weighted by molar-refractivity contribution is 5.92. The summed E-state index contributed by atoms with van der Waals surface area (Å²) in [6, 6.07) is 5.59. The number of amides is 1. The number of ether oxygens (including phenoxy) is 1. The minimum absolute atomic E-state index is 0.104. The molecule has 2 aliphatic heterocycles. The van der Waals surface area contributed by atoms with Crippen LogP contribution in [0.1, 0.15) is 10.5 Å². The van der Waals surface area contributed by atoms with Gasteiger partial charge in [0.05, 0.1) is 12.7 Å². The number of fused-ring (bicyclic) bond motifs is 2. The number of nitrogens with zero attached hydrogens (tertiary/aromatic N) is 7. The van der Waals surface area contributed by atoms with Crippen molar-refractivity contribution in [3.05, 3.63) is 36.4 Å². The van der Waals surface area contributed by atoms with Gasteiger partial charge in [-0.25, -0.2) is 0 Å². The molecule has 3 aromatic heterocycles. The van der Waals surface area contributed by atoms with Crippen LogP contribution in [0, 0.1) is 11.8 Å². The molecule has 140 valence electrons. The third kappa shape index (κ3) is 2.81. The molecule has 27 heavy (non-hydrogen) atoms. The van der Waals surface area contributed by atoms with Gasteiger partial charge < -0.3 is 15.0 Å². The summed E-state index contributed by atoms with van der Waals surface area (Å²) >= 11 is 0. The van der Waals surface area contributed by atoms with E-state index in [-0.39, 0.29) is 17.9 Å². The lowest BCUT2D eigenvalue weighted by atomic mass is 9.93. The maximum atomic E-state index is 12.3. The molecule has 2 aliphatic rings. The van der Waals surface area contributed by atoms with Gasteiger partial charge in [0.15, 0.2) is 5.65 Å². The molecular formula is C17H20N8O2. The molecule has 2 fully saturated rings. The quantitative estimate of drug-likeness (QED) is 0.677. The van der Waals surface area contributed by atoms with E-state index in [1.54, 1.807) is 34.8 Å². The van der Waals surface area contributed by atoms with Gasteiger partial charge in [0.1, 0.15) is 17.8 Å². The Balaban J connectivity index is 1.24. The van der Waals surface area contributed by atoms with E-state index in [0.717, 1.165) is 24.6 Å². The van der Waals surface area contributed by atoms with Crippen LogP contribution < -0.4 is 10.2 Å². The fraction of sp³-hybridized carbons (Fsp3) is 0.471. The Morgan fingerprint density at radius 1 is 1.33 bits per heavy atom. The van der Waals surface area contributed by atoms with E-state index in [1.165, 1.54) is 0 Å². The minimum atomic E-state index is -0.104. The topological polar surface area (TPSA) is 102 Å². The van der Waals surface area contributed by atoms with Crippen LogP contribution in [0.3, 0.4) is 0 Å². The standard InChI is InChI=1S/C17H20N8O2/c1-23-13(4-5-20-23)17(26)18-6-11-9-27-14-8-24(7-12(11)14)16-3-2-15-21-19-10-25(15)22-16/h2-5,10-12,14H,6-9H2,1H3,(H,18,26)/t11-,12-,14-/m1/s1. The maximum Gasteiger partial charge on any atom is 0.269 e. The van der Waals surface area contributed by atoms with Crippen LogP contribution in [0.2, 0.25) is 0 Å². The highest BCUT2D eigenvalue weighted by Gasteiger charge is 2.44. The summed E-state index contributed by atoms with van der Waals surface area (Å²) in [5, 5.41) is 19.5. The van der Waals surface area contributed by atoms with Crippen molar-refractivity contribution < 1.29 is 9.53 Å². The smallest absolute Gasteiger partial charge is 0.269 e. The van der Waals surface area contributed by atoms with E-state index in [4.69, 9.17) is 4.74 Å². The fourth-order valence-electron chi connectivity index (χ4n) is 3.99. The molecule has 0 saturated carbocycles. The first-order chi connectivity index (χ1) is 13.2. The predicted octanol–water partition coefficient (Wildman–Crippen LogP) is -0.261. The lowest BCUT2D eigenvalue weighted by Gasteiger charge is -2.20. The number of carbonyl (C=O) groups is 1. The third-order valence-electron chi connectivity index (χ3n) is 5.49. The first-order valence-corrected chi connectivity index (χ1v) is 8.99. The zero-order valence-corrected chi connectivity index (χ0v) is 14.9. The molecule has 1 amide bonds. The van der Waals surface area contributed by atoms with Crippen LogP contribution in [0.25, 0.3) is 5.65 Å². The van der Waals surface area contributed by atoms with Gasteiger partial charge in [-0.2, -0.15) is 9.61 Å². The van der Waals surface area contributed by atoms with Crippen molar-refractivity contribution in [3.63, 3.8) is 0 Å². The van der Waals surface area contributed by atoms with Crippen LogP contribution in [-0.4, -0.2) is 67.8 Å². The molecule has 3 aromatic rings. The highest BCUT2D eigenvalue weighted by atomic mass is 16.5. The first-order valence-electron chi connectivity index (χ1n) is 8.99. The Hall–Kier alpha value is -3.01. The van der Waals surface area contributed by atoms with Crippen molar-refractivity contribution in [2.45, 2.75) is 6.10 Å². The van der Waals surface area contributed by atoms with E-state index < -0.39 is 0 Å². The second kappa shape index (κ2) is 6.31. The second-order valence-electron chi connectivity index (χ2n) is 7.08. The van der Waals surface area contributed by atoms with Gasteiger partial charge in [0.2, 0.25) is 0 Å². The fourth-order valence-corrected chi connectivity index (χ4v) is 3.99. The second-order valence-corrected chi connectivity index (χ2v) is 7.08. The molecular weight excluding hydrogens is 348 g/mol. The number of aromatic nitrogens is 6. The SMILES string of the molecule is Cn1nccc1C(=O)NC[C@@H]1CO[C@@H]2CN(c3ccc4nncn4n3)C[C@H]12. The molecule has 0 unspecified atom stereocenters. The molecule has 0 aromatic carbocycles. The summed E-state index contributed by atoms with van der Waals surface area (Å²) in [6.45, 7) is 2.93. The zero-order valence-electron chi connectivity index (χ0n) is 14.9. The number of carbonyl (C=O) groups excluding carboxylic acids is 1. The number of aryl methyl sites for hydroxylation is 1. The summed E-state index contributed by atoms with van der Waals surface area (Å²) in [5.41, 5.74) is 1.29. The Kier molecular flexibility index (Phi) is 3.78. The number of anilines is 1. The molecule has 0 spiro atoms.